The Morgan fingerprint density at radius 1 is 1.50 bits per heavy atom. The maximum absolute atomic E-state index is 8.74. The molecular formula is C12H12N2OS. The Hall–Kier alpha value is -1.57. The van der Waals surface area contributed by atoms with Crippen molar-refractivity contribution in [2.75, 3.05) is 0 Å². The summed E-state index contributed by atoms with van der Waals surface area (Å²) in [4.78, 5) is 1.94. The van der Waals surface area contributed by atoms with E-state index in [1.165, 1.54) is 16.2 Å². The molecule has 0 aliphatic heterocycles. The second-order valence-electron chi connectivity index (χ2n) is 3.55. The largest absolute Gasteiger partial charge is 0.472 e. The van der Waals surface area contributed by atoms with Crippen LogP contribution in [0.1, 0.15) is 28.3 Å². The number of nitrogens with one attached hydrogen (secondary N) is 1. The first-order valence-electron chi connectivity index (χ1n) is 5.04. The van der Waals surface area contributed by atoms with Gasteiger partial charge in [0.05, 0.1) is 12.5 Å². The van der Waals surface area contributed by atoms with E-state index >= 15 is 0 Å². The van der Waals surface area contributed by atoms with Gasteiger partial charge in [0.25, 0.3) is 0 Å². The minimum atomic E-state index is 0.252. The maximum atomic E-state index is 8.74. The first kappa shape index (κ1) is 10.9. The smallest absolute Gasteiger partial charge is 0.110 e. The molecular weight excluding hydrogens is 220 g/mol. The summed E-state index contributed by atoms with van der Waals surface area (Å²) >= 11 is 1.53. The van der Waals surface area contributed by atoms with Gasteiger partial charge in [-0.25, -0.2) is 0 Å². The van der Waals surface area contributed by atoms with Gasteiger partial charge in [0.15, 0.2) is 0 Å². The molecule has 3 nitrogen and oxygen atoms in total. The summed E-state index contributed by atoms with van der Waals surface area (Å²) in [6.45, 7) is 2.87. The van der Waals surface area contributed by atoms with Crippen molar-refractivity contribution in [1.82, 2.24) is 5.32 Å². The summed E-state index contributed by atoms with van der Waals surface area (Å²) < 4.78 is 4.99. The lowest BCUT2D eigenvalue weighted by atomic mass is 10.2. The number of furan rings is 1. The van der Waals surface area contributed by atoms with E-state index in [-0.39, 0.29) is 6.04 Å². The molecule has 2 heterocycles. The van der Waals surface area contributed by atoms with Crippen LogP contribution in [0.4, 0.5) is 0 Å². The Morgan fingerprint density at radius 3 is 3.00 bits per heavy atom. The van der Waals surface area contributed by atoms with E-state index in [1.54, 1.807) is 12.5 Å². The molecule has 0 aromatic carbocycles. The highest BCUT2D eigenvalue weighted by molar-refractivity contribution is 7.12. The van der Waals surface area contributed by atoms with E-state index in [0.29, 0.717) is 0 Å². The van der Waals surface area contributed by atoms with Crippen molar-refractivity contribution in [2.24, 2.45) is 0 Å². The second kappa shape index (κ2) is 4.97. The molecule has 2 aromatic heterocycles. The Balaban J connectivity index is 1.93. The Kier molecular flexibility index (Phi) is 3.40. The van der Waals surface area contributed by atoms with E-state index in [4.69, 9.17) is 9.68 Å². The zero-order chi connectivity index (χ0) is 11.4. The fourth-order valence-corrected chi connectivity index (χ4v) is 2.24. The fraction of sp³-hybridized carbons (Fsp3) is 0.250. The average Bonchev–Trinajstić information content (AvgIpc) is 2.96. The number of hydrogen-bond donors (Lipinski definition) is 1. The van der Waals surface area contributed by atoms with Crippen molar-refractivity contribution in [2.45, 2.75) is 19.5 Å². The van der Waals surface area contributed by atoms with Crippen LogP contribution in [0.15, 0.2) is 35.1 Å². The molecule has 0 radical (unpaired) electrons. The van der Waals surface area contributed by atoms with E-state index in [0.717, 1.165) is 17.0 Å². The molecule has 0 saturated carbocycles. The van der Waals surface area contributed by atoms with E-state index in [2.05, 4.69) is 18.3 Å². The van der Waals surface area contributed by atoms with E-state index < -0.39 is 0 Å². The van der Waals surface area contributed by atoms with Crippen LogP contribution in [0.3, 0.4) is 0 Å². The van der Waals surface area contributed by atoms with Crippen LogP contribution in [0, 0.1) is 11.3 Å². The van der Waals surface area contributed by atoms with Gasteiger partial charge in [-0.3, -0.25) is 0 Å². The van der Waals surface area contributed by atoms with Crippen LogP contribution in [0.2, 0.25) is 0 Å². The number of rotatable bonds is 4. The molecule has 0 fully saturated rings. The predicted molar refractivity (Wildman–Crippen MR) is 63.0 cm³/mol. The van der Waals surface area contributed by atoms with Crippen LogP contribution in [-0.4, -0.2) is 0 Å². The highest BCUT2D eigenvalue weighted by atomic mass is 32.1. The summed E-state index contributed by atoms with van der Waals surface area (Å²) in [5.74, 6) is 0. The monoisotopic (exact) mass is 232 g/mol. The third-order valence-corrected chi connectivity index (χ3v) is 3.53. The second-order valence-corrected chi connectivity index (χ2v) is 4.66. The lowest BCUT2D eigenvalue weighted by Gasteiger charge is -2.10. The summed E-state index contributed by atoms with van der Waals surface area (Å²) in [5.41, 5.74) is 1.13. The summed E-state index contributed by atoms with van der Waals surface area (Å²) in [5, 5.41) is 12.1. The third-order valence-electron chi connectivity index (χ3n) is 2.36. The molecule has 0 aliphatic rings. The molecule has 2 aromatic rings. The molecule has 0 spiro atoms. The Morgan fingerprint density at radius 2 is 2.38 bits per heavy atom. The van der Waals surface area contributed by atoms with Crippen molar-refractivity contribution in [3.8, 4) is 6.07 Å². The predicted octanol–water partition coefficient (Wildman–Crippen LogP) is 3.06. The fourth-order valence-electron chi connectivity index (χ4n) is 1.41. The number of hydrogen-bond acceptors (Lipinski definition) is 4. The number of nitriles is 1. The highest BCUT2D eigenvalue weighted by Crippen LogP contribution is 2.22. The van der Waals surface area contributed by atoms with Gasteiger partial charge in [0.1, 0.15) is 10.9 Å². The number of nitrogens with zero attached hydrogens (tertiary/aromatic N) is 1. The lowest BCUT2D eigenvalue weighted by Crippen LogP contribution is -2.16. The van der Waals surface area contributed by atoms with Crippen molar-refractivity contribution < 1.29 is 4.42 Å². The molecule has 0 amide bonds. The molecule has 0 saturated heterocycles. The molecule has 1 N–H and O–H groups in total. The maximum Gasteiger partial charge on any atom is 0.110 e. The standard InChI is InChI=1S/C12H12N2OS/c1-9(12-3-2-11(6-13)16-12)14-7-10-4-5-15-8-10/h2-5,8-9,14H,7H2,1H3. The first-order chi connectivity index (χ1) is 7.79. The molecule has 82 valence electrons. The van der Waals surface area contributed by atoms with Gasteiger partial charge >= 0.3 is 0 Å². The SMILES string of the molecule is CC(NCc1ccoc1)c1ccc(C#N)s1. The molecule has 1 atom stereocenters. The Bertz CT molecular complexity index is 481. The normalized spacial score (nSPS) is 12.2. The molecule has 0 aliphatic carbocycles. The Labute approximate surface area is 98.3 Å². The molecule has 0 bridgehead atoms. The molecule has 16 heavy (non-hydrogen) atoms. The van der Waals surface area contributed by atoms with Crippen LogP contribution in [-0.2, 0) is 6.54 Å². The first-order valence-corrected chi connectivity index (χ1v) is 5.85. The van der Waals surface area contributed by atoms with Crippen molar-refractivity contribution in [1.29, 1.82) is 5.26 Å². The minimum Gasteiger partial charge on any atom is -0.472 e. The molecule has 2 rings (SSSR count). The topological polar surface area (TPSA) is 49.0 Å². The van der Waals surface area contributed by atoms with E-state index in [9.17, 15) is 0 Å². The van der Waals surface area contributed by atoms with E-state index in [1.807, 2.05) is 18.2 Å². The zero-order valence-electron chi connectivity index (χ0n) is 8.93. The lowest BCUT2D eigenvalue weighted by molar-refractivity contribution is 0.549. The van der Waals surface area contributed by atoms with Gasteiger partial charge in [-0.1, -0.05) is 0 Å². The quantitative estimate of drug-likeness (QED) is 0.881. The van der Waals surface area contributed by atoms with Crippen LogP contribution < -0.4 is 5.32 Å². The van der Waals surface area contributed by atoms with Crippen molar-refractivity contribution in [3.05, 3.63) is 46.0 Å². The highest BCUT2D eigenvalue weighted by Gasteiger charge is 2.08. The van der Waals surface area contributed by atoms with Crippen LogP contribution >= 0.6 is 11.3 Å². The van der Waals surface area contributed by atoms with Gasteiger partial charge in [-0.2, -0.15) is 5.26 Å². The molecule has 4 heteroatoms. The summed E-state index contributed by atoms with van der Waals surface area (Å²) in [7, 11) is 0. The van der Waals surface area contributed by atoms with Gasteiger partial charge < -0.3 is 9.73 Å². The number of thiophene rings is 1. The zero-order valence-corrected chi connectivity index (χ0v) is 9.75. The van der Waals surface area contributed by atoms with Gasteiger partial charge in [-0.15, -0.1) is 11.3 Å². The molecule has 1 unspecified atom stereocenters. The van der Waals surface area contributed by atoms with Crippen LogP contribution in [0.5, 0.6) is 0 Å². The third kappa shape index (κ3) is 2.51. The van der Waals surface area contributed by atoms with Crippen molar-refractivity contribution in [3.63, 3.8) is 0 Å². The van der Waals surface area contributed by atoms with Crippen molar-refractivity contribution >= 4 is 11.3 Å². The average molecular weight is 232 g/mol. The summed E-state index contributed by atoms with van der Waals surface area (Å²) in [6, 6.07) is 8.19. The minimum absolute atomic E-state index is 0.252. The van der Waals surface area contributed by atoms with Gasteiger partial charge in [-0.05, 0) is 25.1 Å². The van der Waals surface area contributed by atoms with Gasteiger partial charge in [0, 0.05) is 23.0 Å². The van der Waals surface area contributed by atoms with Gasteiger partial charge in [0.2, 0.25) is 0 Å². The summed E-state index contributed by atoms with van der Waals surface area (Å²) in [6.07, 6.45) is 3.40. The van der Waals surface area contributed by atoms with Crippen LogP contribution in [0.25, 0.3) is 0 Å².